The normalized spacial score (nSPS) is 19.1. The van der Waals surface area contributed by atoms with E-state index in [9.17, 15) is 5.11 Å². The molecule has 4 aromatic rings. The lowest BCUT2D eigenvalue weighted by Crippen LogP contribution is -2.33. The molecule has 0 spiro atoms. The minimum atomic E-state index is -0.131. The van der Waals surface area contributed by atoms with E-state index in [1.54, 1.807) is 21.3 Å². The molecule has 0 unspecified atom stereocenters. The summed E-state index contributed by atoms with van der Waals surface area (Å²) >= 11 is 0. The number of nitrogens with one attached hydrogen (secondary N) is 1. The van der Waals surface area contributed by atoms with E-state index in [2.05, 4.69) is 47.6 Å². The Balaban J connectivity index is 1.45. The van der Waals surface area contributed by atoms with Crippen LogP contribution in [0.25, 0.3) is 0 Å². The molecule has 2 atom stereocenters. The number of ether oxygens (including phenoxy) is 5. The first-order valence-corrected chi connectivity index (χ1v) is 15.1. The molecule has 0 amide bonds. The molecule has 7 rings (SSSR count). The van der Waals surface area contributed by atoms with Crippen LogP contribution in [-0.4, -0.2) is 51.5 Å². The minimum absolute atomic E-state index is 0.0268. The van der Waals surface area contributed by atoms with Crippen molar-refractivity contribution in [1.29, 1.82) is 0 Å². The Morgan fingerprint density at radius 3 is 2.39 bits per heavy atom. The van der Waals surface area contributed by atoms with Crippen LogP contribution >= 0.6 is 0 Å². The Hall–Kier alpha value is -4.40. The summed E-state index contributed by atoms with van der Waals surface area (Å²) in [7, 11) is 7.05. The molecular weight excluding hydrogens is 556 g/mol. The minimum Gasteiger partial charge on any atom is -0.502 e. The molecule has 6 bridgehead atoms. The third-order valence-electron chi connectivity index (χ3n) is 9.18. The van der Waals surface area contributed by atoms with Crippen molar-refractivity contribution in [3.63, 3.8) is 0 Å². The van der Waals surface area contributed by atoms with E-state index in [0.717, 1.165) is 60.4 Å². The fourth-order valence-corrected chi connectivity index (χ4v) is 6.89. The molecule has 4 aromatic carbocycles. The van der Waals surface area contributed by atoms with Gasteiger partial charge in [-0.1, -0.05) is 18.2 Å². The van der Waals surface area contributed by atoms with Crippen molar-refractivity contribution in [2.45, 2.75) is 37.8 Å². The van der Waals surface area contributed by atoms with Crippen LogP contribution < -0.4 is 29.0 Å². The lowest BCUT2D eigenvalue weighted by molar-refractivity contribution is 0.228. The topological polar surface area (TPSA) is 81.7 Å². The molecule has 44 heavy (non-hydrogen) atoms. The van der Waals surface area contributed by atoms with Gasteiger partial charge in [-0.3, -0.25) is 4.90 Å². The fraction of sp³-hybridized carbons (Fsp3) is 0.333. The van der Waals surface area contributed by atoms with Crippen LogP contribution in [0.5, 0.6) is 46.0 Å². The highest BCUT2D eigenvalue weighted by Crippen LogP contribution is 2.50. The summed E-state index contributed by atoms with van der Waals surface area (Å²) in [5.41, 5.74) is 6.63. The van der Waals surface area contributed by atoms with Gasteiger partial charge in [-0.05, 0) is 110 Å². The number of rotatable bonds is 3. The Kier molecular flexibility index (Phi) is 7.48. The molecular formula is C36H38N2O6. The van der Waals surface area contributed by atoms with Gasteiger partial charge in [0, 0.05) is 24.2 Å². The number of hydrogen-bond acceptors (Lipinski definition) is 8. The molecule has 0 aromatic heterocycles. The summed E-state index contributed by atoms with van der Waals surface area (Å²) in [6.45, 7) is 1.71. The number of nitrogens with zero attached hydrogens (tertiary/aromatic N) is 1. The van der Waals surface area contributed by atoms with Crippen molar-refractivity contribution in [3.8, 4) is 46.0 Å². The number of methoxy groups -OCH3 is 3. The van der Waals surface area contributed by atoms with Crippen molar-refractivity contribution < 1.29 is 28.8 Å². The molecule has 3 aliphatic rings. The number of benzene rings is 4. The predicted molar refractivity (Wildman–Crippen MR) is 168 cm³/mol. The van der Waals surface area contributed by atoms with Gasteiger partial charge in [0.05, 0.1) is 21.3 Å². The van der Waals surface area contributed by atoms with Crippen molar-refractivity contribution >= 4 is 0 Å². The van der Waals surface area contributed by atoms with Crippen molar-refractivity contribution in [2.75, 3.05) is 41.5 Å². The molecule has 8 nitrogen and oxygen atoms in total. The summed E-state index contributed by atoms with van der Waals surface area (Å²) in [5.74, 6) is 4.04. The Morgan fingerprint density at radius 2 is 1.57 bits per heavy atom. The van der Waals surface area contributed by atoms with Gasteiger partial charge in [-0.25, -0.2) is 0 Å². The van der Waals surface area contributed by atoms with E-state index >= 15 is 0 Å². The van der Waals surface area contributed by atoms with Gasteiger partial charge in [0.15, 0.2) is 34.5 Å². The molecule has 228 valence electrons. The van der Waals surface area contributed by atoms with Crippen LogP contribution in [0.2, 0.25) is 0 Å². The first-order valence-electron chi connectivity index (χ1n) is 15.1. The highest BCUT2D eigenvalue weighted by molar-refractivity contribution is 5.63. The molecule has 0 saturated heterocycles. The van der Waals surface area contributed by atoms with Gasteiger partial charge in [-0.15, -0.1) is 0 Å². The van der Waals surface area contributed by atoms with E-state index in [0.29, 0.717) is 40.9 Å². The number of phenols is 1. The van der Waals surface area contributed by atoms with Gasteiger partial charge in [-0.2, -0.15) is 0 Å². The second kappa shape index (κ2) is 11.6. The fourth-order valence-electron chi connectivity index (χ4n) is 6.89. The van der Waals surface area contributed by atoms with Crippen LogP contribution in [0.1, 0.15) is 45.5 Å². The summed E-state index contributed by atoms with van der Waals surface area (Å²) in [6.07, 6.45) is 3.11. The smallest absolute Gasteiger partial charge is 0.201 e. The molecule has 3 aliphatic heterocycles. The van der Waals surface area contributed by atoms with Crippen LogP contribution in [0, 0.1) is 0 Å². The number of fused-ring (bicyclic) bond motifs is 5. The molecule has 2 N–H and O–H groups in total. The van der Waals surface area contributed by atoms with E-state index in [1.165, 1.54) is 11.1 Å². The highest BCUT2D eigenvalue weighted by Gasteiger charge is 2.32. The summed E-state index contributed by atoms with van der Waals surface area (Å²) in [4.78, 5) is 2.39. The molecule has 0 fully saturated rings. The average Bonchev–Trinajstić information content (AvgIpc) is 3.03. The quantitative estimate of drug-likeness (QED) is 0.278. The molecule has 0 aliphatic carbocycles. The molecule has 0 saturated carbocycles. The molecule has 0 radical (unpaired) electrons. The van der Waals surface area contributed by atoms with Crippen LogP contribution in [0.15, 0.2) is 60.7 Å². The maximum atomic E-state index is 11.5. The summed E-state index contributed by atoms with van der Waals surface area (Å²) in [5, 5.41) is 15.2. The zero-order chi connectivity index (χ0) is 30.4. The number of phenolic OH excluding ortho intramolecular Hbond substituents is 1. The third kappa shape index (κ3) is 5.08. The summed E-state index contributed by atoms with van der Waals surface area (Å²) in [6, 6.07) is 20.4. The first kappa shape index (κ1) is 28.4. The highest BCUT2D eigenvalue weighted by atomic mass is 16.5. The predicted octanol–water partition coefficient (Wildman–Crippen LogP) is 6.52. The Bertz CT molecular complexity index is 1720. The van der Waals surface area contributed by atoms with E-state index < -0.39 is 0 Å². The third-order valence-corrected chi connectivity index (χ3v) is 9.18. The van der Waals surface area contributed by atoms with Crippen molar-refractivity contribution in [3.05, 3.63) is 94.0 Å². The maximum Gasteiger partial charge on any atom is 0.201 e. The zero-order valence-electron chi connectivity index (χ0n) is 25.6. The van der Waals surface area contributed by atoms with E-state index in [-0.39, 0.29) is 17.8 Å². The SMILES string of the molecule is COc1ccc2cc1Oc1cccc(c1)C[C@H]1c3cc(c(OC)cc3CCN1C)Oc1c(O)c(OC)cc3c1[C@@H](C2)NCC3. The first-order chi connectivity index (χ1) is 21.4. The van der Waals surface area contributed by atoms with Crippen LogP contribution in [-0.2, 0) is 25.7 Å². The van der Waals surface area contributed by atoms with Gasteiger partial charge in [0.1, 0.15) is 5.75 Å². The Labute approximate surface area is 258 Å². The Morgan fingerprint density at radius 1 is 0.795 bits per heavy atom. The van der Waals surface area contributed by atoms with Crippen LogP contribution in [0.4, 0.5) is 0 Å². The second-order valence-electron chi connectivity index (χ2n) is 11.8. The number of likely N-dealkylation sites (N-methyl/N-ethyl adjacent to an activating group) is 1. The lowest BCUT2D eigenvalue weighted by Gasteiger charge is -2.35. The molecule has 8 heteroatoms. The van der Waals surface area contributed by atoms with Crippen molar-refractivity contribution in [2.24, 2.45) is 0 Å². The second-order valence-corrected chi connectivity index (χ2v) is 11.8. The standard InChI is InChI=1S/C36H38N2O6/c1-38-13-11-23-18-30(41-3)32-20-26(23)28(38)16-21-6-5-7-25(14-21)43-31-17-22(8-9-29(31)40-2)15-27-34-24(10-12-37-27)19-33(42-4)35(39)36(34)44-32/h5-9,14,17-20,27-28,37,39H,10-13,15-16H2,1-4H3/t27-,28+/m1/s1. The van der Waals surface area contributed by atoms with Crippen LogP contribution in [0.3, 0.4) is 0 Å². The van der Waals surface area contributed by atoms with E-state index in [1.807, 2.05) is 30.3 Å². The summed E-state index contributed by atoms with van der Waals surface area (Å²) < 4.78 is 30.4. The number of aromatic hydroxyl groups is 1. The monoisotopic (exact) mass is 594 g/mol. The maximum absolute atomic E-state index is 11.5. The van der Waals surface area contributed by atoms with Gasteiger partial charge in [0.25, 0.3) is 0 Å². The largest absolute Gasteiger partial charge is 0.502 e. The van der Waals surface area contributed by atoms with Gasteiger partial charge < -0.3 is 34.1 Å². The molecule has 3 heterocycles. The lowest BCUT2D eigenvalue weighted by atomic mass is 9.88. The van der Waals surface area contributed by atoms with E-state index in [4.69, 9.17) is 23.7 Å². The van der Waals surface area contributed by atoms with Gasteiger partial charge >= 0.3 is 0 Å². The zero-order valence-corrected chi connectivity index (χ0v) is 25.6. The number of hydrogen-bond donors (Lipinski definition) is 2. The van der Waals surface area contributed by atoms with Crippen molar-refractivity contribution in [1.82, 2.24) is 10.2 Å². The van der Waals surface area contributed by atoms with Gasteiger partial charge in [0.2, 0.25) is 5.75 Å². The average molecular weight is 595 g/mol.